The minimum Gasteiger partial charge on any atom is -1.00 e. The molecular weight excluding hydrogens is 522 g/mol. The molecule has 175 valence electrons. The fourth-order valence-corrected chi connectivity index (χ4v) is 8.95. The number of hydrogen-bond donors (Lipinski definition) is 0. The predicted octanol–water partition coefficient (Wildman–Crippen LogP) is 1.43. The minimum atomic E-state index is -0.796. The van der Waals surface area contributed by atoms with Gasteiger partial charge in [-0.3, -0.25) is 0 Å². The molecule has 2 aromatic rings. The Hall–Kier alpha value is -0.747. The predicted molar refractivity (Wildman–Crippen MR) is 135 cm³/mol. The van der Waals surface area contributed by atoms with Gasteiger partial charge in [0.2, 0.25) is 0 Å². The van der Waals surface area contributed by atoms with Crippen LogP contribution in [0.5, 0.6) is 0 Å². The van der Waals surface area contributed by atoms with Gasteiger partial charge in [0.05, 0.1) is 0 Å². The first-order chi connectivity index (χ1) is 14.4. The van der Waals surface area contributed by atoms with Crippen molar-refractivity contribution < 1.29 is 47.6 Å². The number of fused-ring (bicyclic) bond motifs is 3. The molecule has 0 fully saturated rings. The maximum Gasteiger partial charge on any atom is -1.00 e. The molecule has 0 bridgehead atoms. The van der Waals surface area contributed by atoms with Crippen molar-refractivity contribution in [2.24, 2.45) is 0 Å². The van der Waals surface area contributed by atoms with Gasteiger partial charge in [0.1, 0.15) is 0 Å². The molecule has 0 saturated carbocycles. The molecule has 0 heterocycles. The van der Waals surface area contributed by atoms with Gasteiger partial charge in [-0.05, 0) is 0 Å². The zero-order valence-corrected chi connectivity index (χ0v) is 25.6. The van der Waals surface area contributed by atoms with Gasteiger partial charge < -0.3 is 24.8 Å². The summed E-state index contributed by atoms with van der Waals surface area (Å²) < 4.78 is 3.42. The Labute approximate surface area is 225 Å². The van der Waals surface area contributed by atoms with E-state index in [0.717, 1.165) is 12.8 Å². The maximum absolute atomic E-state index is 2.50. The van der Waals surface area contributed by atoms with E-state index in [2.05, 4.69) is 98.7 Å². The average Bonchev–Trinajstić information content (AvgIpc) is 3.28. The van der Waals surface area contributed by atoms with Crippen molar-refractivity contribution in [1.29, 1.82) is 0 Å². The largest absolute Gasteiger partial charge is 1.00 e. The van der Waals surface area contributed by atoms with Crippen molar-refractivity contribution in [3.8, 4) is 11.1 Å². The average molecular weight is 560 g/mol. The van der Waals surface area contributed by atoms with Crippen LogP contribution < -0.4 is 28.1 Å². The van der Waals surface area contributed by atoms with E-state index >= 15 is 0 Å². The molecule has 0 atom stereocenters. The Bertz CT molecular complexity index is 1160. The maximum atomic E-state index is 2.50. The van der Waals surface area contributed by atoms with E-state index in [1.165, 1.54) is 27.8 Å². The molecule has 3 heteroatoms. The third-order valence-electron chi connectivity index (χ3n) is 6.68. The molecule has 2 aliphatic rings. The first-order valence-corrected chi connectivity index (χ1v) is 14.1. The summed E-state index contributed by atoms with van der Waals surface area (Å²) in [5.74, 6) is 0. The summed E-state index contributed by atoms with van der Waals surface area (Å²) in [4.78, 5) is 0. The van der Waals surface area contributed by atoms with Crippen molar-refractivity contribution in [2.45, 2.75) is 86.0 Å². The third kappa shape index (κ3) is 5.27. The molecular formula is C30H37Cl2Zr. The number of benzene rings is 2. The number of rotatable bonds is 2. The fourth-order valence-electron chi connectivity index (χ4n) is 5.29. The molecule has 2 aliphatic carbocycles. The standard InChI is InChI=1S/C27H31.C3H6.2ClH.Zr/c1-17-24-20(14-19-15-21(26(2,3)4)12-13-22(19)24)16-23(27(5,6)7)25(17)18-10-8-9-11-18;1-3-2;;;/h8-10,12-13,15H,11,14H2,1-7H3;1-2H3;2*1H;/q;;;;+2/p-2. The Kier molecular flexibility index (Phi) is 8.71. The van der Waals surface area contributed by atoms with Crippen LogP contribution >= 0.6 is 0 Å². The molecule has 33 heavy (non-hydrogen) atoms. The van der Waals surface area contributed by atoms with Crippen LogP contribution in [0, 0.1) is 6.92 Å². The zero-order valence-electron chi connectivity index (χ0n) is 21.6. The van der Waals surface area contributed by atoms with Crippen LogP contribution in [-0.4, -0.2) is 3.21 Å². The van der Waals surface area contributed by atoms with Crippen LogP contribution in [-0.2, 0) is 40.0 Å². The molecule has 0 amide bonds. The molecule has 0 aromatic heterocycles. The summed E-state index contributed by atoms with van der Waals surface area (Å²) in [5, 5.41) is 0. The molecule has 2 aromatic carbocycles. The molecule has 0 spiro atoms. The second kappa shape index (κ2) is 10.1. The number of allylic oxidation sites excluding steroid dienone is 4. The van der Waals surface area contributed by atoms with Gasteiger partial charge in [-0.1, -0.05) is 0 Å². The molecule has 0 N–H and O–H groups in total. The first-order valence-electron chi connectivity index (χ1n) is 11.7. The van der Waals surface area contributed by atoms with E-state index in [-0.39, 0.29) is 35.6 Å². The van der Waals surface area contributed by atoms with Crippen LogP contribution in [0.25, 0.3) is 16.7 Å². The van der Waals surface area contributed by atoms with Crippen LogP contribution in [0.3, 0.4) is 0 Å². The SMILES string of the molecule is C[C](C)=[Zr+2][c]1c2c(c(C)c(C3=CC=CC3)c1C(C)(C)C)-c1ccc(C(C)(C)C)cc1C2.[Cl-].[Cl-]. The zero-order chi connectivity index (χ0) is 22.7. The van der Waals surface area contributed by atoms with Crippen LogP contribution in [0.15, 0.2) is 36.4 Å². The van der Waals surface area contributed by atoms with Gasteiger partial charge in [0.15, 0.2) is 0 Å². The Balaban J connectivity index is 0.00000193. The van der Waals surface area contributed by atoms with Gasteiger partial charge in [-0.2, -0.15) is 0 Å². The van der Waals surface area contributed by atoms with E-state index in [4.69, 9.17) is 0 Å². The van der Waals surface area contributed by atoms with Gasteiger partial charge in [0, 0.05) is 0 Å². The quantitative estimate of drug-likeness (QED) is 0.446. The van der Waals surface area contributed by atoms with Gasteiger partial charge in [0.25, 0.3) is 0 Å². The summed E-state index contributed by atoms with van der Waals surface area (Å²) in [6, 6.07) is 7.30. The molecule has 0 saturated heterocycles. The molecule has 0 radical (unpaired) electrons. The Morgan fingerprint density at radius 1 is 0.909 bits per heavy atom. The third-order valence-corrected chi connectivity index (χ3v) is 9.88. The summed E-state index contributed by atoms with van der Waals surface area (Å²) in [7, 11) is 0. The molecule has 4 rings (SSSR count). The minimum absolute atomic E-state index is 0. The normalized spacial score (nSPS) is 14.0. The van der Waals surface area contributed by atoms with Crippen molar-refractivity contribution in [3.05, 3.63) is 69.8 Å². The number of hydrogen-bond acceptors (Lipinski definition) is 0. The van der Waals surface area contributed by atoms with E-state index in [1.54, 1.807) is 28.7 Å². The molecule has 0 nitrogen and oxygen atoms in total. The van der Waals surface area contributed by atoms with E-state index < -0.39 is 22.8 Å². The topological polar surface area (TPSA) is 0 Å². The van der Waals surface area contributed by atoms with Crippen molar-refractivity contribution >= 4 is 12.1 Å². The van der Waals surface area contributed by atoms with E-state index in [0.29, 0.717) is 0 Å². The smallest absolute Gasteiger partial charge is 1.00 e. The van der Waals surface area contributed by atoms with Gasteiger partial charge in [-0.15, -0.1) is 0 Å². The second-order valence-corrected chi connectivity index (χ2v) is 15.9. The first kappa shape index (κ1) is 28.5. The molecule has 0 unspecified atom stereocenters. The van der Waals surface area contributed by atoms with Crippen molar-refractivity contribution in [1.82, 2.24) is 0 Å². The Morgan fingerprint density at radius 2 is 1.58 bits per heavy atom. The summed E-state index contributed by atoms with van der Waals surface area (Å²) in [6.45, 7) is 21.4. The summed E-state index contributed by atoms with van der Waals surface area (Å²) >= 11 is -0.796. The van der Waals surface area contributed by atoms with Crippen molar-refractivity contribution in [3.63, 3.8) is 0 Å². The van der Waals surface area contributed by atoms with E-state index in [9.17, 15) is 0 Å². The molecule has 0 aliphatic heterocycles. The summed E-state index contributed by atoms with van der Waals surface area (Å²) in [6.07, 6.45) is 9.10. The van der Waals surface area contributed by atoms with Gasteiger partial charge in [-0.25, -0.2) is 0 Å². The van der Waals surface area contributed by atoms with Crippen molar-refractivity contribution in [2.75, 3.05) is 0 Å². The van der Waals surface area contributed by atoms with Crippen LogP contribution in [0.2, 0.25) is 0 Å². The summed E-state index contributed by atoms with van der Waals surface area (Å²) in [5.41, 5.74) is 14.3. The van der Waals surface area contributed by atoms with Crippen LogP contribution in [0.1, 0.15) is 95.2 Å². The Morgan fingerprint density at radius 3 is 2.09 bits per heavy atom. The van der Waals surface area contributed by atoms with Gasteiger partial charge >= 0.3 is 202 Å². The monoisotopic (exact) mass is 557 g/mol. The fraction of sp³-hybridized carbons (Fsp3) is 0.433. The second-order valence-electron chi connectivity index (χ2n) is 11.6. The van der Waals surface area contributed by atoms with E-state index in [1.807, 2.05) is 0 Å². The van der Waals surface area contributed by atoms with Crippen LogP contribution in [0.4, 0.5) is 0 Å². The number of halogens is 2.